The molecular weight excluding hydrogens is 279 g/mol. The van der Waals surface area contributed by atoms with E-state index in [4.69, 9.17) is 28.3 Å². The summed E-state index contributed by atoms with van der Waals surface area (Å²) in [5, 5.41) is 11.5. The number of hydrogen-bond donors (Lipinski definition) is 2. The molecule has 1 amide bonds. The summed E-state index contributed by atoms with van der Waals surface area (Å²) in [5.41, 5.74) is 0.183. The predicted molar refractivity (Wildman–Crippen MR) is 68.1 cm³/mol. The van der Waals surface area contributed by atoms with Crippen molar-refractivity contribution < 1.29 is 14.7 Å². The van der Waals surface area contributed by atoms with E-state index in [1.165, 1.54) is 12.1 Å². The van der Waals surface area contributed by atoms with Gasteiger partial charge in [0.15, 0.2) is 0 Å². The van der Waals surface area contributed by atoms with Crippen molar-refractivity contribution in [3.05, 3.63) is 28.0 Å². The smallest absolute Gasteiger partial charge is 0.326 e. The molecule has 2 N–H and O–H groups in total. The number of aliphatic carboxylic acids is 1. The molecule has 0 fully saturated rings. The number of carboxylic acids is 1. The minimum Gasteiger partial charge on any atom is -0.480 e. The molecule has 0 bridgehead atoms. The highest BCUT2D eigenvalue weighted by molar-refractivity contribution is 6.33. The van der Waals surface area contributed by atoms with Crippen LogP contribution < -0.4 is 5.32 Å². The van der Waals surface area contributed by atoms with Gasteiger partial charge in [0, 0.05) is 5.56 Å². The molecule has 1 rings (SSSR count). The van der Waals surface area contributed by atoms with Crippen LogP contribution in [0.1, 0.15) is 30.1 Å². The second kappa shape index (κ2) is 6.56. The van der Waals surface area contributed by atoms with Gasteiger partial charge in [-0.05, 0) is 18.6 Å². The highest BCUT2D eigenvalue weighted by Gasteiger charge is 2.20. The molecule has 98 valence electrons. The van der Waals surface area contributed by atoms with Crippen LogP contribution in [0.3, 0.4) is 0 Å². The molecular formula is C11H12Cl2N2O3. The minimum absolute atomic E-state index is 0.0787. The van der Waals surface area contributed by atoms with Gasteiger partial charge in [-0.25, -0.2) is 9.78 Å². The zero-order chi connectivity index (χ0) is 13.7. The van der Waals surface area contributed by atoms with Gasteiger partial charge in [-0.2, -0.15) is 0 Å². The zero-order valence-corrected chi connectivity index (χ0v) is 11.1. The Balaban J connectivity index is 2.83. The fraction of sp³-hybridized carbons (Fsp3) is 0.364. The summed E-state index contributed by atoms with van der Waals surface area (Å²) in [5.74, 6) is -1.61. The molecule has 0 unspecified atom stereocenters. The predicted octanol–water partition coefficient (Wildman–Crippen LogP) is 2.37. The Morgan fingerprint density at radius 1 is 1.39 bits per heavy atom. The molecule has 5 nitrogen and oxygen atoms in total. The summed E-state index contributed by atoms with van der Waals surface area (Å²) in [7, 11) is 0. The summed E-state index contributed by atoms with van der Waals surface area (Å²) < 4.78 is 0. The zero-order valence-electron chi connectivity index (χ0n) is 9.61. The van der Waals surface area contributed by atoms with E-state index in [1.54, 1.807) is 0 Å². The van der Waals surface area contributed by atoms with Crippen molar-refractivity contribution >= 4 is 35.1 Å². The molecule has 0 aliphatic carbocycles. The van der Waals surface area contributed by atoms with Gasteiger partial charge in [0.25, 0.3) is 5.91 Å². The van der Waals surface area contributed by atoms with Gasteiger partial charge in [-0.15, -0.1) is 0 Å². The molecule has 1 atom stereocenters. The Bertz CT molecular complexity index is 445. The monoisotopic (exact) mass is 290 g/mol. The van der Waals surface area contributed by atoms with Gasteiger partial charge in [-0.1, -0.05) is 36.5 Å². The number of carbonyl (C=O) groups excluding carboxylic acids is 1. The molecule has 0 saturated carbocycles. The van der Waals surface area contributed by atoms with E-state index in [2.05, 4.69) is 10.3 Å². The van der Waals surface area contributed by atoms with Crippen LogP contribution in [-0.4, -0.2) is 28.0 Å². The number of pyridine rings is 1. The minimum atomic E-state index is -1.07. The van der Waals surface area contributed by atoms with Gasteiger partial charge in [-0.3, -0.25) is 4.79 Å². The lowest BCUT2D eigenvalue weighted by atomic mass is 10.1. The number of aromatic nitrogens is 1. The maximum absolute atomic E-state index is 11.8. The van der Waals surface area contributed by atoms with Crippen molar-refractivity contribution in [1.29, 1.82) is 0 Å². The topological polar surface area (TPSA) is 79.3 Å². The van der Waals surface area contributed by atoms with Crippen LogP contribution in [0.15, 0.2) is 12.1 Å². The first-order valence-corrected chi connectivity index (χ1v) is 6.06. The highest BCUT2D eigenvalue weighted by Crippen LogP contribution is 2.14. The quantitative estimate of drug-likeness (QED) is 0.816. The first-order chi connectivity index (χ1) is 8.43. The standard InChI is InChI=1S/C11H12Cl2N2O3/c1-2-3-7(11(17)18)14-10(16)6-4-8(12)15-9(13)5-6/h4-5,7H,2-3H2,1H3,(H,14,16)(H,17,18)/t7-/m0/s1. The van der Waals surface area contributed by atoms with Crippen molar-refractivity contribution in [2.75, 3.05) is 0 Å². The van der Waals surface area contributed by atoms with E-state index in [-0.39, 0.29) is 15.9 Å². The van der Waals surface area contributed by atoms with Gasteiger partial charge in [0.05, 0.1) is 0 Å². The van der Waals surface area contributed by atoms with Crippen LogP contribution >= 0.6 is 23.2 Å². The molecule has 18 heavy (non-hydrogen) atoms. The number of nitrogens with one attached hydrogen (secondary N) is 1. The maximum Gasteiger partial charge on any atom is 0.326 e. The fourth-order valence-electron chi connectivity index (χ4n) is 1.38. The molecule has 0 aliphatic heterocycles. The van der Waals surface area contributed by atoms with Gasteiger partial charge in [0.1, 0.15) is 16.3 Å². The lowest BCUT2D eigenvalue weighted by molar-refractivity contribution is -0.139. The third-order valence-electron chi connectivity index (χ3n) is 2.21. The Labute approximate surface area is 114 Å². The van der Waals surface area contributed by atoms with E-state index in [1.807, 2.05) is 6.92 Å². The normalized spacial score (nSPS) is 11.9. The Morgan fingerprint density at radius 3 is 2.39 bits per heavy atom. The van der Waals surface area contributed by atoms with Crippen molar-refractivity contribution in [3.63, 3.8) is 0 Å². The molecule has 1 heterocycles. The number of hydrogen-bond acceptors (Lipinski definition) is 3. The number of halogens is 2. The van der Waals surface area contributed by atoms with Crippen LogP contribution in [0.2, 0.25) is 10.3 Å². The molecule has 0 aromatic carbocycles. The average molecular weight is 291 g/mol. The van der Waals surface area contributed by atoms with E-state index >= 15 is 0 Å². The summed E-state index contributed by atoms with van der Waals surface area (Å²) >= 11 is 11.3. The van der Waals surface area contributed by atoms with E-state index < -0.39 is 17.9 Å². The second-order valence-corrected chi connectivity index (χ2v) is 4.43. The summed E-state index contributed by atoms with van der Waals surface area (Å²) in [6.07, 6.45) is 1.00. The Kier molecular flexibility index (Phi) is 5.37. The van der Waals surface area contributed by atoms with E-state index in [0.717, 1.165) is 0 Å². The maximum atomic E-state index is 11.8. The Morgan fingerprint density at radius 2 is 1.94 bits per heavy atom. The molecule has 0 saturated heterocycles. The van der Waals surface area contributed by atoms with E-state index in [0.29, 0.717) is 12.8 Å². The molecule has 1 aromatic heterocycles. The first-order valence-electron chi connectivity index (χ1n) is 5.30. The average Bonchev–Trinajstić information content (AvgIpc) is 2.26. The van der Waals surface area contributed by atoms with Crippen LogP contribution in [0, 0.1) is 0 Å². The lowest BCUT2D eigenvalue weighted by Gasteiger charge is -2.13. The summed E-state index contributed by atoms with van der Waals surface area (Å²) in [4.78, 5) is 26.4. The Hall–Kier alpha value is -1.33. The number of rotatable bonds is 5. The first kappa shape index (κ1) is 14.7. The third kappa shape index (κ3) is 4.16. The summed E-state index contributed by atoms with van der Waals surface area (Å²) in [6.45, 7) is 1.84. The fourth-order valence-corrected chi connectivity index (χ4v) is 1.84. The SMILES string of the molecule is CCC[C@H](NC(=O)c1cc(Cl)nc(Cl)c1)C(=O)O. The third-order valence-corrected chi connectivity index (χ3v) is 2.59. The molecule has 0 radical (unpaired) electrons. The largest absolute Gasteiger partial charge is 0.480 e. The molecule has 0 aliphatic rings. The van der Waals surface area contributed by atoms with Gasteiger partial charge >= 0.3 is 5.97 Å². The molecule has 0 spiro atoms. The van der Waals surface area contributed by atoms with E-state index in [9.17, 15) is 9.59 Å². The number of amides is 1. The lowest BCUT2D eigenvalue weighted by Crippen LogP contribution is -2.40. The van der Waals surface area contributed by atoms with Crippen molar-refractivity contribution in [1.82, 2.24) is 10.3 Å². The van der Waals surface area contributed by atoms with Crippen LogP contribution in [-0.2, 0) is 4.79 Å². The highest BCUT2D eigenvalue weighted by atomic mass is 35.5. The van der Waals surface area contributed by atoms with Crippen molar-refractivity contribution in [2.24, 2.45) is 0 Å². The number of carboxylic acid groups (broad SMARTS) is 1. The molecule has 7 heteroatoms. The number of nitrogens with zero attached hydrogens (tertiary/aromatic N) is 1. The van der Waals surface area contributed by atoms with Crippen LogP contribution in [0.25, 0.3) is 0 Å². The van der Waals surface area contributed by atoms with Crippen LogP contribution in [0.4, 0.5) is 0 Å². The van der Waals surface area contributed by atoms with Crippen LogP contribution in [0.5, 0.6) is 0 Å². The van der Waals surface area contributed by atoms with Crippen molar-refractivity contribution in [3.8, 4) is 0 Å². The van der Waals surface area contributed by atoms with Crippen molar-refractivity contribution in [2.45, 2.75) is 25.8 Å². The molecule has 1 aromatic rings. The van der Waals surface area contributed by atoms with Gasteiger partial charge < -0.3 is 10.4 Å². The number of carbonyl (C=O) groups is 2. The van der Waals surface area contributed by atoms with Gasteiger partial charge in [0.2, 0.25) is 0 Å². The summed E-state index contributed by atoms with van der Waals surface area (Å²) in [6, 6.07) is 1.73. The second-order valence-electron chi connectivity index (χ2n) is 3.65.